The summed E-state index contributed by atoms with van der Waals surface area (Å²) in [5, 5.41) is 11.1. The van der Waals surface area contributed by atoms with Crippen molar-refractivity contribution in [2.75, 3.05) is 32.8 Å². The Morgan fingerprint density at radius 3 is 2.72 bits per heavy atom. The van der Waals surface area contributed by atoms with Crippen molar-refractivity contribution in [3.05, 3.63) is 35.9 Å². The molecule has 136 valence electrons. The summed E-state index contributed by atoms with van der Waals surface area (Å²) in [6.07, 6.45) is 3.96. The minimum absolute atomic E-state index is 0.0515. The number of hydrogen-bond donors (Lipinski definition) is 1. The molecule has 1 unspecified atom stereocenters. The molecular formula is C20H28N2O3. The van der Waals surface area contributed by atoms with Crippen LogP contribution in [0.3, 0.4) is 0 Å². The molecule has 1 atom stereocenters. The molecule has 0 bridgehead atoms. The van der Waals surface area contributed by atoms with Gasteiger partial charge in [-0.1, -0.05) is 30.3 Å². The van der Waals surface area contributed by atoms with Crippen LogP contribution in [-0.2, 0) is 16.1 Å². The van der Waals surface area contributed by atoms with Crippen LogP contribution in [0.2, 0.25) is 0 Å². The molecule has 1 aromatic rings. The first-order valence-corrected chi connectivity index (χ1v) is 9.46. The fourth-order valence-corrected chi connectivity index (χ4v) is 4.38. The maximum Gasteiger partial charge on any atom is 0.226 e. The predicted octanol–water partition coefficient (Wildman–Crippen LogP) is 1.79. The molecule has 1 aromatic carbocycles. The van der Waals surface area contributed by atoms with E-state index >= 15 is 0 Å². The standard InChI is InChI=1S/C20H28N2O3/c23-18(22-11-12-25-16-19(22)8-9-19)13-20(24)7-4-10-21(15-20)14-17-5-2-1-3-6-17/h1-3,5-6,24H,4,7-16H2. The molecule has 0 aromatic heterocycles. The van der Waals surface area contributed by atoms with E-state index in [2.05, 4.69) is 17.0 Å². The smallest absolute Gasteiger partial charge is 0.226 e. The number of nitrogens with zero attached hydrogens (tertiary/aromatic N) is 2. The van der Waals surface area contributed by atoms with E-state index in [0.717, 1.165) is 32.4 Å². The molecule has 1 amide bonds. The highest BCUT2D eigenvalue weighted by Crippen LogP contribution is 2.44. The molecule has 1 N–H and O–H groups in total. The van der Waals surface area contributed by atoms with Crippen LogP contribution in [0.4, 0.5) is 0 Å². The van der Waals surface area contributed by atoms with Gasteiger partial charge >= 0.3 is 0 Å². The summed E-state index contributed by atoms with van der Waals surface area (Å²) in [5.41, 5.74) is 0.297. The van der Waals surface area contributed by atoms with Gasteiger partial charge in [-0.25, -0.2) is 0 Å². The van der Waals surface area contributed by atoms with Gasteiger partial charge in [-0.2, -0.15) is 0 Å². The number of carbonyl (C=O) groups is 1. The predicted molar refractivity (Wildman–Crippen MR) is 95.0 cm³/mol. The largest absolute Gasteiger partial charge is 0.388 e. The Balaban J connectivity index is 1.38. The van der Waals surface area contributed by atoms with Crippen LogP contribution in [0, 0.1) is 0 Å². The van der Waals surface area contributed by atoms with Crippen LogP contribution in [0.25, 0.3) is 0 Å². The fourth-order valence-electron chi connectivity index (χ4n) is 4.38. The summed E-state index contributed by atoms with van der Waals surface area (Å²) in [6.45, 7) is 4.34. The lowest BCUT2D eigenvalue weighted by Crippen LogP contribution is -2.55. The second-order valence-electron chi connectivity index (χ2n) is 8.02. The lowest BCUT2D eigenvalue weighted by molar-refractivity contribution is -0.149. The van der Waals surface area contributed by atoms with E-state index in [1.54, 1.807) is 0 Å². The minimum atomic E-state index is -0.904. The van der Waals surface area contributed by atoms with E-state index in [4.69, 9.17) is 4.74 Å². The van der Waals surface area contributed by atoms with Crippen molar-refractivity contribution in [1.29, 1.82) is 0 Å². The van der Waals surface area contributed by atoms with Crippen LogP contribution in [0.5, 0.6) is 0 Å². The van der Waals surface area contributed by atoms with Crippen molar-refractivity contribution in [3.63, 3.8) is 0 Å². The molecular weight excluding hydrogens is 316 g/mol. The fraction of sp³-hybridized carbons (Fsp3) is 0.650. The number of piperidine rings is 1. The first-order chi connectivity index (χ1) is 12.1. The van der Waals surface area contributed by atoms with Gasteiger partial charge in [-0.3, -0.25) is 9.69 Å². The Kier molecular flexibility index (Phi) is 4.56. The van der Waals surface area contributed by atoms with Crippen LogP contribution in [0.15, 0.2) is 30.3 Å². The average Bonchev–Trinajstić information content (AvgIpc) is 3.35. The van der Waals surface area contributed by atoms with Gasteiger partial charge in [0.2, 0.25) is 5.91 Å². The van der Waals surface area contributed by atoms with Crippen LogP contribution >= 0.6 is 0 Å². The topological polar surface area (TPSA) is 53.0 Å². The number of morpholine rings is 1. The second-order valence-corrected chi connectivity index (χ2v) is 8.02. The Bertz CT molecular complexity index is 617. The maximum absolute atomic E-state index is 12.9. The molecule has 3 aliphatic rings. The average molecular weight is 344 g/mol. The van der Waals surface area contributed by atoms with E-state index < -0.39 is 5.60 Å². The van der Waals surface area contributed by atoms with Gasteiger partial charge in [0, 0.05) is 19.6 Å². The molecule has 1 aliphatic carbocycles. The van der Waals surface area contributed by atoms with Crippen molar-refractivity contribution in [2.24, 2.45) is 0 Å². The van der Waals surface area contributed by atoms with Gasteiger partial charge in [0.15, 0.2) is 0 Å². The Labute approximate surface area is 149 Å². The van der Waals surface area contributed by atoms with Crippen molar-refractivity contribution in [1.82, 2.24) is 9.80 Å². The third-order valence-corrected chi connectivity index (χ3v) is 5.89. The van der Waals surface area contributed by atoms with Gasteiger partial charge in [0.25, 0.3) is 0 Å². The number of β-amino-alcohol motifs (C(OH)–C–C–N with tert-alkyl or cyclic N) is 1. The second kappa shape index (κ2) is 6.71. The lowest BCUT2D eigenvalue weighted by atomic mass is 9.88. The van der Waals surface area contributed by atoms with Crippen molar-refractivity contribution in [3.8, 4) is 0 Å². The molecule has 5 heteroatoms. The van der Waals surface area contributed by atoms with Gasteiger partial charge in [-0.15, -0.1) is 0 Å². The van der Waals surface area contributed by atoms with E-state index in [-0.39, 0.29) is 17.9 Å². The van der Waals surface area contributed by atoms with E-state index in [9.17, 15) is 9.90 Å². The van der Waals surface area contributed by atoms with E-state index in [1.807, 2.05) is 23.1 Å². The summed E-state index contributed by atoms with van der Waals surface area (Å²) in [6, 6.07) is 10.3. The normalized spacial score (nSPS) is 28.9. The Hall–Kier alpha value is -1.43. The zero-order valence-corrected chi connectivity index (χ0v) is 14.8. The highest BCUT2D eigenvalue weighted by atomic mass is 16.5. The number of hydrogen-bond acceptors (Lipinski definition) is 4. The monoisotopic (exact) mass is 344 g/mol. The lowest BCUT2D eigenvalue weighted by Gasteiger charge is -2.42. The quantitative estimate of drug-likeness (QED) is 0.905. The van der Waals surface area contributed by atoms with Gasteiger partial charge < -0.3 is 14.7 Å². The van der Waals surface area contributed by atoms with Crippen LogP contribution in [-0.4, -0.2) is 64.8 Å². The van der Waals surface area contributed by atoms with E-state index in [1.165, 1.54) is 5.56 Å². The molecule has 1 spiro atoms. The first kappa shape index (κ1) is 17.0. The number of rotatable bonds is 4. The molecule has 2 aliphatic heterocycles. The minimum Gasteiger partial charge on any atom is -0.388 e. The summed E-state index contributed by atoms with van der Waals surface area (Å²) in [5.74, 6) is 0.102. The van der Waals surface area contributed by atoms with Crippen molar-refractivity contribution in [2.45, 2.75) is 49.8 Å². The molecule has 2 heterocycles. The Morgan fingerprint density at radius 1 is 1.16 bits per heavy atom. The molecule has 1 saturated carbocycles. The number of likely N-dealkylation sites (tertiary alicyclic amines) is 1. The van der Waals surface area contributed by atoms with Crippen molar-refractivity contribution < 1.29 is 14.6 Å². The third-order valence-electron chi connectivity index (χ3n) is 5.89. The summed E-state index contributed by atoms with van der Waals surface area (Å²) in [7, 11) is 0. The van der Waals surface area contributed by atoms with Gasteiger partial charge in [0.1, 0.15) is 0 Å². The molecule has 3 fully saturated rings. The van der Waals surface area contributed by atoms with Crippen LogP contribution < -0.4 is 0 Å². The maximum atomic E-state index is 12.9. The number of ether oxygens (including phenoxy) is 1. The highest BCUT2D eigenvalue weighted by Gasteiger charge is 2.52. The zero-order valence-electron chi connectivity index (χ0n) is 14.8. The van der Waals surface area contributed by atoms with E-state index in [0.29, 0.717) is 32.7 Å². The molecule has 0 radical (unpaired) electrons. The SMILES string of the molecule is O=C(CC1(O)CCCN(Cc2ccccc2)C1)N1CCOCC12CC2. The molecule has 2 saturated heterocycles. The third kappa shape index (κ3) is 3.73. The Morgan fingerprint density at radius 2 is 1.96 bits per heavy atom. The first-order valence-electron chi connectivity index (χ1n) is 9.46. The van der Waals surface area contributed by atoms with Gasteiger partial charge in [0.05, 0.1) is 30.8 Å². The molecule has 4 rings (SSSR count). The summed E-state index contributed by atoms with van der Waals surface area (Å²) in [4.78, 5) is 17.2. The number of carbonyl (C=O) groups excluding carboxylic acids is 1. The number of amides is 1. The summed E-state index contributed by atoms with van der Waals surface area (Å²) >= 11 is 0. The number of benzene rings is 1. The van der Waals surface area contributed by atoms with Crippen molar-refractivity contribution >= 4 is 5.91 Å². The zero-order chi connectivity index (χ0) is 17.3. The summed E-state index contributed by atoms with van der Waals surface area (Å²) < 4.78 is 5.56. The number of aliphatic hydroxyl groups is 1. The van der Waals surface area contributed by atoms with Crippen LogP contribution in [0.1, 0.15) is 37.7 Å². The highest BCUT2D eigenvalue weighted by molar-refractivity contribution is 5.79. The molecule has 5 nitrogen and oxygen atoms in total. The molecule has 25 heavy (non-hydrogen) atoms. The van der Waals surface area contributed by atoms with Gasteiger partial charge in [-0.05, 0) is 37.8 Å².